The lowest BCUT2D eigenvalue weighted by Gasteiger charge is -2.27. The van der Waals surface area contributed by atoms with Crippen LogP contribution < -0.4 is 15.2 Å². The highest BCUT2D eigenvalue weighted by atomic mass is 16.5. The van der Waals surface area contributed by atoms with Gasteiger partial charge in [0, 0.05) is 22.7 Å². The maximum absolute atomic E-state index is 11.3. The third-order valence-electron chi connectivity index (χ3n) is 6.67. The number of aromatic nitrogens is 3. The van der Waals surface area contributed by atoms with Gasteiger partial charge in [-0.05, 0) is 49.1 Å². The van der Waals surface area contributed by atoms with Crippen LogP contribution in [-0.2, 0) is 17.8 Å². The molecular weight excluding hydrogens is 474 g/mol. The summed E-state index contributed by atoms with van der Waals surface area (Å²) in [6.45, 7) is 0.232. The van der Waals surface area contributed by atoms with Crippen LogP contribution in [0, 0.1) is 0 Å². The second-order valence-electron chi connectivity index (χ2n) is 8.90. The fourth-order valence-corrected chi connectivity index (χ4v) is 4.61. The molecule has 2 aromatic carbocycles. The molecule has 4 N–H and O–H groups in total. The molecule has 1 saturated carbocycles. The van der Waals surface area contributed by atoms with Crippen molar-refractivity contribution >= 4 is 22.7 Å². The molecule has 0 aliphatic heterocycles. The van der Waals surface area contributed by atoms with E-state index in [0.717, 1.165) is 47.0 Å². The fourth-order valence-electron chi connectivity index (χ4n) is 4.61. The molecule has 0 saturated heterocycles. The van der Waals surface area contributed by atoms with Crippen LogP contribution in [0.5, 0.6) is 11.5 Å². The molecule has 0 unspecified atom stereocenters. The van der Waals surface area contributed by atoms with Gasteiger partial charge in [-0.3, -0.25) is 9.48 Å². The van der Waals surface area contributed by atoms with Crippen LogP contribution in [0.25, 0.3) is 22.0 Å². The minimum Gasteiger partial charge on any atom is -0.494 e. The predicted octanol–water partition coefficient (Wildman–Crippen LogP) is 4.13. The summed E-state index contributed by atoms with van der Waals surface area (Å²) in [6, 6.07) is 15.2. The van der Waals surface area contributed by atoms with Gasteiger partial charge in [0.05, 0.1) is 30.8 Å². The predicted molar refractivity (Wildman–Crippen MR) is 137 cm³/mol. The van der Waals surface area contributed by atoms with Crippen molar-refractivity contribution in [3.05, 3.63) is 71.7 Å². The summed E-state index contributed by atoms with van der Waals surface area (Å²) in [5, 5.41) is 27.3. The number of carboxylic acids is 1. The second kappa shape index (κ2) is 10.2. The van der Waals surface area contributed by atoms with Crippen molar-refractivity contribution in [2.45, 2.75) is 38.3 Å². The normalized spacial score (nSPS) is 13.9. The molecule has 5 rings (SSSR count). The number of ether oxygens (including phenoxy) is 2. The molecule has 10 nitrogen and oxygen atoms in total. The third kappa shape index (κ3) is 4.65. The van der Waals surface area contributed by atoms with E-state index in [2.05, 4.69) is 10.1 Å². The lowest BCUT2D eigenvalue weighted by molar-refractivity contribution is -0.136. The summed E-state index contributed by atoms with van der Waals surface area (Å²) in [7, 11) is 1.51. The zero-order valence-electron chi connectivity index (χ0n) is 20.3. The zero-order valence-corrected chi connectivity index (χ0v) is 20.3. The molecule has 0 bridgehead atoms. The average molecular weight is 502 g/mol. The number of amidine groups is 1. The first-order valence-corrected chi connectivity index (χ1v) is 11.9. The fraction of sp³-hybridized carbons (Fsp3) is 0.259. The van der Waals surface area contributed by atoms with Crippen molar-refractivity contribution in [2.24, 2.45) is 10.9 Å². The maximum atomic E-state index is 11.3. The number of oxime groups is 1. The monoisotopic (exact) mass is 501 g/mol. The number of hydrogen-bond donors (Lipinski definition) is 3. The van der Waals surface area contributed by atoms with Gasteiger partial charge in [0.15, 0.2) is 17.3 Å². The van der Waals surface area contributed by atoms with Crippen LogP contribution in [-0.4, -0.2) is 44.0 Å². The van der Waals surface area contributed by atoms with E-state index in [0.29, 0.717) is 23.1 Å². The molecule has 1 aliphatic rings. The van der Waals surface area contributed by atoms with Crippen molar-refractivity contribution in [3.63, 3.8) is 0 Å². The largest absolute Gasteiger partial charge is 0.494 e. The molecule has 0 amide bonds. The molecule has 2 aromatic heterocycles. The zero-order chi connectivity index (χ0) is 25.9. The molecule has 1 aliphatic carbocycles. The number of para-hydroxylation sites is 1. The number of rotatable bonds is 9. The van der Waals surface area contributed by atoms with Crippen LogP contribution in [0.3, 0.4) is 0 Å². The highest BCUT2D eigenvalue weighted by molar-refractivity contribution is 6.00. The standard InChI is InChI=1S/C27H27N5O5/c1-36-26-19(11-12-29-25(26)27(28)31-35)16-9-10-21-20(13-16)22(32(30-21)18-6-4-7-18)15-37-23-8-3-2-5-17(23)14-24(33)34/h2-3,5,8-13,18,35H,4,6-7,14-15H2,1H3,(H2,28,31)(H,33,34). The number of hydrogen-bond acceptors (Lipinski definition) is 7. The SMILES string of the molecule is COc1c(-c2ccc3nn(C4CCC4)c(COc4ccccc4CC(=O)O)c3c2)ccnc1C(N)=NO. The topological polar surface area (TPSA) is 145 Å². The molecule has 0 atom stereocenters. The number of nitrogens with zero attached hydrogens (tertiary/aromatic N) is 4. The quantitative estimate of drug-likeness (QED) is 0.134. The van der Waals surface area contributed by atoms with E-state index in [1.807, 2.05) is 35.0 Å². The van der Waals surface area contributed by atoms with E-state index >= 15 is 0 Å². The number of aliphatic carboxylic acids is 1. The number of benzene rings is 2. The van der Waals surface area contributed by atoms with Gasteiger partial charge in [-0.1, -0.05) is 29.4 Å². The van der Waals surface area contributed by atoms with Crippen LogP contribution in [0.4, 0.5) is 0 Å². The number of nitrogens with two attached hydrogens (primary N) is 1. The summed E-state index contributed by atoms with van der Waals surface area (Å²) in [4.78, 5) is 15.5. The Hall–Kier alpha value is -4.60. The summed E-state index contributed by atoms with van der Waals surface area (Å²) in [5.41, 5.74) is 10.0. The Morgan fingerprint density at radius 1 is 1.22 bits per heavy atom. The Morgan fingerprint density at radius 2 is 2.03 bits per heavy atom. The first kappa shape index (κ1) is 24.1. The highest BCUT2D eigenvalue weighted by Gasteiger charge is 2.26. The van der Waals surface area contributed by atoms with Gasteiger partial charge >= 0.3 is 5.97 Å². The number of carbonyl (C=O) groups is 1. The second-order valence-corrected chi connectivity index (χ2v) is 8.90. The molecule has 0 radical (unpaired) electrons. The molecule has 4 aromatic rings. The first-order valence-electron chi connectivity index (χ1n) is 11.9. The van der Waals surface area contributed by atoms with Crippen LogP contribution in [0.2, 0.25) is 0 Å². The number of carboxylic acid groups (broad SMARTS) is 1. The summed E-state index contributed by atoms with van der Waals surface area (Å²) < 4.78 is 13.8. The van der Waals surface area contributed by atoms with Gasteiger partial charge < -0.3 is 25.5 Å². The van der Waals surface area contributed by atoms with E-state index in [9.17, 15) is 9.90 Å². The Labute approximate surface area is 212 Å². The number of methoxy groups -OCH3 is 1. The van der Waals surface area contributed by atoms with Gasteiger partial charge in [-0.2, -0.15) is 5.10 Å². The minimum absolute atomic E-state index is 0.118. The van der Waals surface area contributed by atoms with E-state index in [1.165, 1.54) is 7.11 Å². The van der Waals surface area contributed by atoms with Crippen LogP contribution in [0.15, 0.2) is 59.9 Å². The van der Waals surface area contributed by atoms with Gasteiger partial charge in [0.25, 0.3) is 0 Å². The average Bonchev–Trinajstić information content (AvgIpc) is 3.22. The summed E-state index contributed by atoms with van der Waals surface area (Å²) >= 11 is 0. The van der Waals surface area contributed by atoms with Crippen LogP contribution >= 0.6 is 0 Å². The third-order valence-corrected chi connectivity index (χ3v) is 6.67. The number of pyridine rings is 1. The van der Waals surface area contributed by atoms with Crippen molar-refractivity contribution in [2.75, 3.05) is 7.11 Å². The van der Waals surface area contributed by atoms with Gasteiger partial charge in [0.2, 0.25) is 0 Å². The lowest BCUT2D eigenvalue weighted by atomic mass is 9.93. The highest BCUT2D eigenvalue weighted by Crippen LogP contribution is 2.38. The Bertz CT molecular complexity index is 1490. The first-order chi connectivity index (χ1) is 18.0. The van der Waals surface area contributed by atoms with Gasteiger partial charge in [0.1, 0.15) is 12.4 Å². The molecule has 0 spiro atoms. The van der Waals surface area contributed by atoms with Gasteiger partial charge in [-0.25, -0.2) is 4.98 Å². The molecule has 2 heterocycles. The Kier molecular flexibility index (Phi) is 6.63. The summed E-state index contributed by atoms with van der Waals surface area (Å²) in [6.07, 6.45) is 4.71. The van der Waals surface area contributed by atoms with Crippen molar-refractivity contribution in [1.29, 1.82) is 0 Å². The van der Waals surface area contributed by atoms with Crippen LogP contribution in [0.1, 0.15) is 42.3 Å². The Balaban J connectivity index is 1.57. The Morgan fingerprint density at radius 3 is 2.73 bits per heavy atom. The van der Waals surface area contributed by atoms with Crippen molar-refractivity contribution < 1.29 is 24.6 Å². The molecule has 37 heavy (non-hydrogen) atoms. The van der Waals surface area contributed by atoms with E-state index in [1.54, 1.807) is 24.4 Å². The number of fused-ring (bicyclic) bond motifs is 1. The smallest absolute Gasteiger partial charge is 0.307 e. The molecule has 190 valence electrons. The lowest BCUT2D eigenvalue weighted by Crippen LogP contribution is -2.21. The summed E-state index contributed by atoms with van der Waals surface area (Å²) in [5.74, 6) is -0.131. The molecule has 1 fully saturated rings. The molecule has 10 heteroatoms. The van der Waals surface area contributed by atoms with Crippen molar-refractivity contribution in [1.82, 2.24) is 14.8 Å². The van der Waals surface area contributed by atoms with E-state index in [4.69, 9.17) is 25.5 Å². The maximum Gasteiger partial charge on any atom is 0.307 e. The van der Waals surface area contributed by atoms with E-state index < -0.39 is 5.97 Å². The minimum atomic E-state index is -0.914. The van der Waals surface area contributed by atoms with E-state index in [-0.39, 0.29) is 24.6 Å². The molecular formula is C27H27N5O5. The van der Waals surface area contributed by atoms with Gasteiger partial charge in [-0.15, -0.1) is 0 Å². The van der Waals surface area contributed by atoms with Crippen molar-refractivity contribution in [3.8, 4) is 22.6 Å².